The zero-order valence-electron chi connectivity index (χ0n) is 10.6. The fourth-order valence-electron chi connectivity index (χ4n) is 2.09. The lowest BCUT2D eigenvalue weighted by molar-refractivity contribution is -0.157. The maximum Gasteiger partial charge on any atom is 0.312 e. The highest BCUT2D eigenvalue weighted by atomic mass is 16.2. The molecular formula is C12H21N3O2. The van der Waals surface area contributed by atoms with Crippen LogP contribution in [0.2, 0.25) is 0 Å². The first-order valence-corrected chi connectivity index (χ1v) is 6.43. The van der Waals surface area contributed by atoms with Gasteiger partial charge in [0, 0.05) is 38.3 Å². The number of nitrogens with zero attached hydrogens (tertiary/aromatic N) is 2. The highest BCUT2D eigenvalue weighted by molar-refractivity contribution is 6.35. The van der Waals surface area contributed by atoms with Crippen molar-refractivity contribution in [1.29, 1.82) is 0 Å². The number of carbonyl (C=O) groups is 2. The molecule has 0 aromatic rings. The van der Waals surface area contributed by atoms with Crippen LogP contribution in [0.3, 0.4) is 0 Å². The van der Waals surface area contributed by atoms with Crippen molar-refractivity contribution in [2.45, 2.75) is 38.8 Å². The Morgan fingerprint density at radius 2 is 1.94 bits per heavy atom. The predicted molar refractivity (Wildman–Crippen MR) is 64.5 cm³/mol. The van der Waals surface area contributed by atoms with Crippen LogP contribution in [-0.2, 0) is 9.59 Å². The molecule has 1 saturated carbocycles. The third kappa shape index (κ3) is 2.97. The van der Waals surface area contributed by atoms with Crippen molar-refractivity contribution < 1.29 is 9.59 Å². The number of rotatable bonds is 5. The second kappa shape index (κ2) is 5.04. The molecule has 0 aromatic carbocycles. The van der Waals surface area contributed by atoms with E-state index in [0.717, 1.165) is 6.54 Å². The van der Waals surface area contributed by atoms with E-state index in [2.05, 4.69) is 5.32 Å². The first-order valence-electron chi connectivity index (χ1n) is 6.43. The van der Waals surface area contributed by atoms with Gasteiger partial charge in [-0.25, -0.2) is 0 Å². The zero-order chi connectivity index (χ0) is 12.4. The Morgan fingerprint density at radius 3 is 2.53 bits per heavy atom. The standard InChI is InChI=1S/C12H21N3O2/c1-9(2)15-8-7-14(11(16)12(15)17)6-5-13-10-3-4-10/h9-10,13H,3-8H2,1-2H3. The first-order chi connectivity index (χ1) is 8.09. The lowest BCUT2D eigenvalue weighted by Crippen LogP contribution is -2.57. The Hall–Kier alpha value is -1.10. The molecule has 0 spiro atoms. The molecule has 0 radical (unpaired) electrons. The summed E-state index contributed by atoms with van der Waals surface area (Å²) in [5.41, 5.74) is 0. The molecule has 1 heterocycles. The molecule has 0 bridgehead atoms. The molecule has 1 N–H and O–H groups in total. The Morgan fingerprint density at radius 1 is 1.24 bits per heavy atom. The highest BCUT2D eigenvalue weighted by Gasteiger charge is 2.33. The Balaban J connectivity index is 1.80. The largest absolute Gasteiger partial charge is 0.331 e. The molecule has 5 heteroatoms. The number of nitrogens with one attached hydrogen (secondary N) is 1. The smallest absolute Gasteiger partial charge is 0.312 e. The summed E-state index contributed by atoms with van der Waals surface area (Å²) < 4.78 is 0. The molecule has 1 aliphatic heterocycles. The van der Waals surface area contributed by atoms with E-state index in [1.165, 1.54) is 12.8 Å². The Bertz CT molecular complexity index is 311. The van der Waals surface area contributed by atoms with Crippen molar-refractivity contribution in [3.05, 3.63) is 0 Å². The van der Waals surface area contributed by atoms with E-state index in [9.17, 15) is 9.59 Å². The average molecular weight is 239 g/mol. The molecule has 96 valence electrons. The van der Waals surface area contributed by atoms with Crippen LogP contribution in [-0.4, -0.2) is 59.9 Å². The fourth-order valence-corrected chi connectivity index (χ4v) is 2.09. The summed E-state index contributed by atoms with van der Waals surface area (Å²) >= 11 is 0. The molecule has 2 aliphatic rings. The topological polar surface area (TPSA) is 52.6 Å². The molecule has 2 fully saturated rings. The van der Waals surface area contributed by atoms with Crippen molar-refractivity contribution in [3.63, 3.8) is 0 Å². The predicted octanol–water partition coefficient (Wildman–Crippen LogP) is -0.182. The molecular weight excluding hydrogens is 218 g/mol. The van der Waals surface area contributed by atoms with Crippen LogP contribution < -0.4 is 5.32 Å². The van der Waals surface area contributed by atoms with Gasteiger partial charge in [0.25, 0.3) is 0 Å². The van der Waals surface area contributed by atoms with Gasteiger partial charge in [-0.2, -0.15) is 0 Å². The summed E-state index contributed by atoms with van der Waals surface area (Å²) in [5, 5.41) is 3.35. The normalized spacial score (nSPS) is 21.6. The summed E-state index contributed by atoms with van der Waals surface area (Å²) in [5.74, 6) is -0.694. The van der Waals surface area contributed by atoms with Crippen molar-refractivity contribution in [2.75, 3.05) is 26.2 Å². The van der Waals surface area contributed by atoms with Gasteiger partial charge in [0.05, 0.1) is 0 Å². The highest BCUT2D eigenvalue weighted by Crippen LogP contribution is 2.18. The van der Waals surface area contributed by atoms with Gasteiger partial charge in [-0.3, -0.25) is 9.59 Å². The van der Waals surface area contributed by atoms with E-state index in [1.54, 1.807) is 9.80 Å². The third-order valence-electron chi connectivity index (χ3n) is 3.36. The fraction of sp³-hybridized carbons (Fsp3) is 0.833. The van der Waals surface area contributed by atoms with Crippen LogP contribution in [0.25, 0.3) is 0 Å². The summed E-state index contributed by atoms with van der Waals surface area (Å²) in [6.45, 7) is 6.64. The van der Waals surface area contributed by atoms with Crippen LogP contribution >= 0.6 is 0 Å². The van der Waals surface area contributed by atoms with Gasteiger partial charge in [-0.05, 0) is 26.7 Å². The second-order valence-corrected chi connectivity index (χ2v) is 5.11. The third-order valence-corrected chi connectivity index (χ3v) is 3.36. The van der Waals surface area contributed by atoms with Gasteiger partial charge in [0.2, 0.25) is 0 Å². The number of carbonyl (C=O) groups excluding carboxylic acids is 2. The summed E-state index contributed by atoms with van der Waals surface area (Å²) in [4.78, 5) is 26.9. The zero-order valence-corrected chi connectivity index (χ0v) is 10.6. The molecule has 2 amide bonds. The van der Waals surface area contributed by atoms with Crippen LogP contribution in [0.4, 0.5) is 0 Å². The van der Waals surface area contributed by atoms with Gasteiger partial charge in [0.15, 0.2) is 0 Å². The van der Waals surface area contributed by atoms with E-state index in [-0.39, 0.29) is 17.9 Å². The van der Waals surface area contributed by atoms with Gasteiger partial charge in [-0.1, -0.05) is 0 Å². The van der Waals surface area contributed by atoms with E-state index in [1.807, 2.05) is 13.8 Å². The molecule has 2 rings (SSSR count). The van der Waals surface area contributed by atoms with Crippen molar-refractivity contribution in [2.24, 2.45) is 0 Å². The Kier molecular flexibility index (Phi) is 3.66. The summed E-state index contributed by atoms with van der Waals surface area (Å²) in [6, 6.07) is 0.760. The van der Waals surface area contributed by atoms with Gasteiger partial charge >= 0.3 is 11.8 Å². The van der Waals surface area contributed by atoms with Crippen LogP contribution in [0.5, 0.6) is 0 Å². The molecule has 17 heavy (non-hydrogen) atoms. The van der Waals surface area contributed by atoms with E-state index in [0.29, 0.717) is 25.7 Å². The lowest BCUT2D eigenvalue weighted by Gasteiger charge is -2.36. The van der Waals surface area contributed by atoms with Crippen molar-refractivity contribution >= 4 is 11.8 Å². The van der Waals surface area contributed by atoms with Gasteiger partial charge < -0.3 is 15.1 Å². The first kappa shape index (κ1) is 12.4. The lowest BCUT2D eigenvalue weighted by atomic mass is 10.2. The Labute approximate surface area is 102 Å². The molecule has 1 aliphatic carbocycles. The quantitative estimate of drug-likeness (QED) is 0.677. The van der Waals surface area contributed by atoms with Crippen LogP contribution in [0, 0.1) is 0 Å². The van der Waals surface area contributed by atoms with Crippen LogP contribution in [0.15, 0.2) is 0 Å². The SMILES string of the molecule is CC(C)N1CCN(CCNC2CC2)C(=O)C1=O. The minimum absolute atomic E-state index is 0.109. The van der Waals surface area contributed by atoms with Crippen molar-refractivity contribution in [3.8, 4) is 0 Å². The van der Waals surface area contributed by atoms with Crippen molar-refractivity contribution in [1.82, 2.24) is 15.1 Å². The molecule has 0 aromatic heterocycles. The molecule has 5 nitrogen and oxygen atoms in total. The average Bonchev–Trinajstić information content (AvgIpc) is 3.08. The number of hydrogen-bond acceptors (Lipinski definition) is 3. The minimum atomic E-state index is -0.349. The van der Waals surface area contributed by atoms with E-state index < -0.39 is 0 Å². The van der Waals surface area contributed by atoms with Crippen LogP contribution in [0.1, 0.15) is 26.7 Å². The molecule has 0 atom stereocenters. The summed E-state index contributed by atoms with van der Waals surface area (Å²) in [7, 11) is 0. The number of piperazine rings is 1. The summed E-state index contributed by atoms with van der Waals surface area (Å²) in [6.07, 6.45) is 2.49. The monoisotopic (exact) mass is 239 g/mol. The molecule has 1 saturated heterocycles. The van der Waals surface area contributed by atoms with E-state index >= 15 is 0 Å². The number of hydrogen-bond donors (Lipinski definition) is 1. The van der Waals surface area contributed by atoms with Gasteiger partial charge in [-0.15, -0.1) is 0 Å². The molecule has 0 unspecified atom stereocenters. The second-order valence-electron chi connectivity index (χ2n) is 5.11. The maximum absolute atomic E-state index is 11.8. The number of amides is 2. The maximum atomic E-state index is 11.8. The van der Waals surface area contributed by atoms with E-state index in [4.69, 9.17) is 0 Å². The van der Waals surface area contributed by atoms with Gasteiger partial charge in [0.1, 0.15) is 0 Å². The minimum Gasteiger partial charge on any atom is -0.331 e.